The number of benzene rings is 3. The molecule has 4 aromatic rings. The molecule has 62 heavy (non-hydrogen) atoms. The van der Waals surface area contributed by atoms with Gasteiger partial charge in [-0.25, -0.2) is 18.0 Å². The molecule has 2 aliphatic heterocycles. The van der Waals surface area contributed by atoms with Gasteiger partial charge in [-0.15, -0.1) is 0 Å². The van der Waals surface area contributed by atoms with Crippen molar-refractivity contribution in [1.82, 2.24) is 10.2 Å². The third kappa shape index (κ3) is 12.8. The Hall–Kier alpha value is -4.42. The molecule has 3 atom stereocenters. The average molecular weight is 950 g/mol. The second kappa shape index (κ2) is 21.8. The van der Waals surface area contributed by atoms with E-state index in [1.165, 1.54) is 37.3 Å². The maximum absolute atomic E-state index is 13.9. The molecule has 2 aliphatic rings. The van der Waals surface area contributed by atoms with Gasteiger partial charge in [0.25, 0.3) is 11.8 Å². The van der Waals surface area contributed by atoms with E-state index in [-0.39, 0.29) is 65.0 Å². The summed E-state index contributed by atoms with van der Waals surface area (Å²) in [5.41, 5.74) is 2.53. The van der Waals surface area contributed by atoms with Crippen LogP contribution in [0.5, 0.6) is 0 Å². The number of halogens is 2. The van der Waals surface area contributed by atoms with Gasteiger partial charge in [0.1, 0.15) is 11.6 Å². The highest BCUT2D eigenvalue weighted by Crippen LogP contribution is 2.40. The first-order valence-electron chi connectivity index (χ1n) is 20.0. The van der Waals surface area contributed by atoms with Gasteiger partial charge in [0.2, 0.25) is 6.29 Å². The van der Waals surface area contributed by atoms with E-state index in [1.54, 1.807) is 47.6 Å². The second-order valence-electron chi connectivity index (χ2n) is 14.9. The molecule has 14 nitrogen and oxygen atoms in total. The third-order valence-corrected chi connectivity index (χ3v) is 15.0. The number of sulfone groups is 1. The van der Waals surface area contributed by atoms with Crippen molar-refractivity contribution in [2.24, 2.45) is 0 Å². The van der Waals surface area contributed by atoms with E-state index >= 15 is 0 Å². The fraction of sp³-hybridized carbons (Fsp3) is 0.419. The molecule has 332 valence electrons. The molecular formula is C43H46Cl2N2O12S3. The van der Waals surface area contributed by atoms with Gasteiger partial charge in [-0.3, -0.25) is 14.4 Å². The zero-order valence-electron chi connectivity index (χ0n) is 34.0. The molecule has 1 saturated heterocycles. The minimum absolute atomic E-state index is 0.00870. The van der Waals surface area contributed by atoms with E-state index in [4.69, 9.17) is 46.6 Å². The maximum Gasteiger partial charge on any atom is 0.511 e. The Morgan fingerprint density at radius 2 is 1.79 bits per heavy atom. The quantitative estimate of drug-likeness (QED) is 0.0330. The lowest BCUT2D eigenvalue weighted by Gasteiger charge is -2.30. The van der Waals surface area contributed by atoms with E-state index in [0.29, 0.717) is 52.5 Å². The lowest BCUT2D eigenvalue weighted by Crippen LogP contribution is -2.45. The third-order valence-electron chi connectivity index (χ3n) is 10.2. The number of hydrogen-bond acceptors (Lipinski definition) is 14. The van der Waals surface area contributed by atoms with E-state index in [0.717, 1.165) is 30.9 Å². The summed E-state index contributed by atoms with van der Waals surface area (Å²) < 4.78 is 50.8. The Morgan fingerprint density at radius 3 is 2.56 bits per heavy atom. The summed E-state index contributed by atoms with van der Waals surface area (Å²) in [6.07, 6.45) is 4.59. The number of carbonyl (C=O) groups excluding carboxylic acids is 5. The van der Waals surface area contributed by atoms with Crippen molar-refractivity contribution in [2.75, 3.05) is 31.8 Å². The van der Waals surface area contributed by atoms with Crippen LogP contribution < -0.4 is 5.32 Å². The van der Waals surface area contributed by atoms with Gasteiger partial charge in [-0.05, 0) is 78.8 Å². The predicted molar refractivity (Wildman–Crippen MR) is 236 cm³/mol. The Labute approximate surface area is 377 Å². The summed E-state index contributed by atoms with van der Waals surface area (Å²) in [5, 5.41) is 4.15. The summed E-state index contributed by atoms with van der Waals surface area (Å²) in [6, 6.07) is 13.0. The second-order valence-corrected chi connectivity index (χ2v) is 20.4. The fourth-order valence-corrected chi connectivity index (χ4v) is 11.5. The zero-order chi connectivity index (χ0) is 44.4. The summed E-state index contributed by atoms with van der Waals surface area (Å²) in [5.74, 6) is -1.22. The van der Waals surface area contributed by atoms with Crippen LogP contribution in [0.25, 0.3) is 11.0 Å². The first-order chi connectivity index (χ1) is 29.7. The minimum atomic E-state index is -3.62. The monoisotopic (exact) mass is 948 g/mol. The molecule has 1 fully saturated rings. The van der Waals surface area contributed by atoms with E-state index in [2.05, 4.69) is 5.32 Å². The van der Waals surface area contributed by atoms with Crippen molar-refractivity contribution in [3.8, 4) is 0 Å². The molecule has 6 rings (SSSR count). The minimum Gasteiger partial charge on any atom is -0.466 e. The number of furan rings is 1. The molecule has 3 unspecified atom stereocenters. The van der Waals surface area contributed by atoms with E-state index < -0.39 is 40.2 Å². The van der Waals surface area contributed by atoms with Gasteiger partial charge in [0, 0.05) is 67.5 Å². The number of amides is 2. The molecule has 19 heteroatoms. The van der Waals surface area contributed by atoms with Crippen LogP contribution in [0.3, 0.4) is 0 Å². The molecule has 0 spiro atoms. The van der Waals surface area contributed by atoms with Crippen LogP contribution >= 0.6 is 44.8 Å². The van der Waals surface area contributed by atoms with Crippen molar-refractivity contribution < 1.29 is 55.8 Å². The van der Waals surface area contributed by atoms with Crippen molar-refractivity contribution >= 4 is 95.5 Å². The van der Waals surface area contributed by atoms with Crippen molar-refractivity contribution in [1.29, 1.82) is 0 Å². The van der Waals surface area contributed by atoms with Crippen molar-refractivity contribution in [3.63, 3.8) is 0 Å². The molecule has 2 amide bonds. The van der Waals surface area contributed by atoms with Gasteiger partial charge in [-0.1, -0.05) is 69.4 Å². The van der Waals surface area contributed by atoms with Gasteiger partial charge < -0.3 is 33.6 Å². The van der Waals surface area contributed by atoms with Crippen LogP contribution in [-0.2, 0) is 57.8 Å². The smallest absolute Gasteiger partial charge is 0.466 e. The summed E-state index contributed by atoms with van der Waals surface area (Å²) in [6.45, 7) is 1.66. The Morgan fingerprint density at radius 1 is 0.984 bits per heavy atom. The highest BCUT2D eigenvalue weighted by atomic mass is 35.5. The molecule has 3 aromatic carbocycles. The van der Waals surface area contributed by atoms with Crippen molar-refractivity contribution in [3.05, 3.63) is 98.7 Å². The van der Waals surface area contributed by atoms with E-state index in [9.17, 15) is 32.4 Å². The van der Waals surface area contributed by atoms with Crippen LogP contribution in [0, 0.1) is 0 Å². The normalized spacial score (nSPS) is 15.9. The lowest BCUT2D eigenvalue weighted by atomic mass is 9.95. The van der Waals surface area contributed by atoms with Crippen LogP contribution in [0.1, 0.15) is 82.9 Å². The number of rotatable bonds is 18. The molecular weight excluding hydrogens is 904 g/mol. The molecule has 0 saturated carbocycles. The number of hydrogen-bond donors (Lipinski definition) is 1. The SMILES string of the molecule is CC(OC(=O)OCCCOC(=O)CCCCC1CCSS1)OC(=O)C(Cc1cccc(S(C)(=O)=O)c1)NC(=O)c1c(Cl)cc2c(c1Cl)CCN(C(=O)c1ccc3ccoc3c1)C2. The molecule has 1 N–H and O–H groups in total. The standard InChI is InChI=1S/C43H46Cl2N2O12S3/c1-26(59-43(52)57-18-6-17-56-37(48)10-4-3-8-31-15-20-60-61-31)58-42(51)35(22-27-7-5-9-32(21-27)62(2,53)54)46-40(49)38-34(44)23-30-25-47(16-13-33(30)39(38)45)41(50)29-12-11-28-14-19-55-36(28)24-29/h5,7,9,11-12,14,19,21,23-24,26,31,35H,3-4,6,8,10,13,15-18,20,22,25H2,1-2H3,(H,46,49). The molecule has 1 aromatic heterocycles. The zero-order valence-corrected chi connectivity index (χ0v) is 38.0. The Balaban J connectivity index is 1.05. The fourth-order valence-electron chi connectivity index (χ4n) is 6.98. The number of unbranched alkanes of at least 4 members (excludes halogenated alkanes) is 1. The van der Waals surface area contributed by atoms with Gasteiger partial charge in [0.05, 0.1) is 40.0 Å². The Bertz CT molecular complexity index is 2400. The molecule has 3 heterocycles. The summed E-state index contributed by atoms with van der Waals surface area (Å²) in [4.78, 5) is 67.1. The number of esters is 2. The number of carbonyl (C=O) groups is 5. The van der Waals surface area contributed by atoms with Crippen LogP contribution in [0.15, 0.2) is 70.2 Å². The number of fused-ring (bicyclic) bond motifs is 2. The topological polar surface area (TPSA) is 185 Å². The van der Waals surface area contributed by atoms with Crippen LogP contribution in [0.4, 0.5) is 4.79 Å². The first kappa shape index (κ1) is 47.1. The largest absolute Gasteiger partial charge is 0.511 e. The Kier molecular flexibility index (Phi) is 16.5. The van der Waals surface area contributed by atoms with Crippen molar-refractivity contribution in [2.45, 2.75) is 87.3 Å². The number of ether oxygens (including phenoxy) is 4. The van der Waals surface area contributed by atoms with Crippen LogP contribution in [0.2, 0.25) is 10.0 Å². The predicted octanol–water partition coefficient (Wildman–Crippen LogP) is 8.37. The van der Waals surface area contributed by atoms with Gasteiger partial charge in [0.15, 0.2) is 9.84 Å². The van der Waals surface area contributed by atoms with Crippen LogP contribution in [-0.4, -0.2) is 92.6 Å². The average Bonchev–Trinajstić information content (AvgIpc) is 3.94. The first-order valence-corrected chi connectivity index (χ1v) is 25.0. The maximum atomic E-state index is 13.9. The molecule has 0 bridgehead atoms. The lowest BCUT2D eigenvalue weighted by molar-refractivity contribution is -0.170. The summed E-state index contributed by atoms with van der Waals surface area (Å²) >= 11 is 13.5. The van der Waals surface area contributed by atoms with Gasteiger partial charge in [-0.2, -0.15) is 0 Å². The molecule has 0 radical (unpaired) electrons. The highest BCUT2D eigenvalue weighted by molar-refractivity contribution is 8.77. The highest BCUT2D eigenvalue weighted by Gasteiger charge is 2.32. The summed E-state index contributed by atoms with van der Waals surface area (Å²) in [7, 11) is 0.182. The van der Waals surface area contributed by atoms with E-state index in [1.807, 2.05) is 21.6 Å². The number of nitrogens with zero attached hydrogens (tertiary/aromatic N) is 1. The number of nitrogens with one attached hydrogen (secondary N) is 1. The molecule has 0 aliphatic carbocycles. The van der Waals surface area contributed by atoms with Gasteiger partial charge >= 0.3 is 18.1 Å².